The topological polar surface area (TPSA) is 60.3 Å². The summed E-state index contributed by atoms with van der Waals surface area (Å²) in [5, 5.41) is 4.13. The largest absolute Gasteiger partial charge is 0.432 e. The number of benzene rings is 1. The van der Waals surface area contributed by atoms with E-state index in [2.05, 4.69) is 14.8 Å². The highest BCUT2D eigenvalue weighted by molar-refractivity contribution is 5.83. The van der Waals surface area contributed by atoms with Crippen molar-refractivity contribution < 1.29 is 27.1 Å². The number of fused-ring (bicyclic) bond motifs is 1. The van der Waals surface area contributed by atoms with Gasteiger partial charge in [0, 0.05) is 11.8 Å². The standard InChI is InChI=1S/C18H14F4N4O2/c19-12-7-25(8-12)17(27)9-26-15-3-11(5-23-14(15)6-24-26)10-1-2-13(20)16(4-10)28-18(21)22/h1-6,12,18H,7-9H2. The summed E-state index contributed by atoms with van der Waals surface area (Å²) in [6, 6.07) is 5.24. The van der Waals surface area contributed by atoms with Crippen molar-refractivity contribution >= 4 is 16.9 Å². The van der Waals surface area contributed by atoms with Crippen molar-refractivity contribution in [3.63, 3.8) is 0 Å². The molecule has 3 heterocycles. The maximum absolute atomic E-state index is 13.6. The fraction of sp³-hybridized carbons (Fsp3) is 0.278. The molecule has 4 rings (SSSR count). The van der Waals surface area contributed by atoms with Gasteiger partial charge in [0.1, 0.15) is 18.2 Å². The third-order valence-corrected chi connectivity index (χ3v) is 4.45. The Labute approximate surface area is 156 Å². The number of halogens is 4. The molecule has 1 amide bonds. The first-order valence-electron chi connectivity index (χ1n) is 8.39. The molecule has 3 aromatic rings. The van der Waals surface area contributed by atoms with Crippen LogP contribution in [0.3, 0.4) is 0 Å². The molecule has 6 nitrogen and oxygen atoms in total. The summed E-state index contributed by atoms with van der Waals surface area (Å²) in [6.45, 7) is -3.08. The second-order valence-electron chi connectivity index (χ2n) is 6.35. The highest BCUT2D eigenvalue weighted by Crippen LogP contribution is 2.29. The van der Waals surface area contributed by atoms with Gasteiger partial charge < -0.3 is 9.64 Å². The average Bonchev–Trinajstić information content (AvgIpc) is 3.02. The third-order valence-electron chi connectivity index (χ3n) is 4.45. The molecule has 0 saturated carbocycles. The lowest BCUT2D eigenvalue weighted by molar-refractivity contribution is -0.139. The van der Waals surface area contributed by atoms with Crippen molar-refractivity contribution in [1.29, 1.82) is 0 Å². The van der Waals surface area contributed by atoms with E-state index in [0.29, 0.717) is 22.2 Å². The highest BCUT2D eigenvalue weighted by Gasteiger charge is 2.30. The summed E-state index contributed by atoms with van der Waals surface area (Å²) in [6.07, 6.45) is 1.98. The molecule has 0 aliphatic carbocycles. The predicted octanol–water partition coefficient (Wildman–Crippen LogP) is 3.02. The van der Waals surface area contributed by atoms with Crippen LogP contribution in [-0.4, -0.2) is 51.4 Å². The first-order valence-corrected chi connectivity index (χ1v) is 8.39. The van der Waals surface area contributed by atoms with Gasteiger partial charge in [-0.05, 0) is 23.8 Å². The van der Waals surface area contributed by atoms with E-state index in [4.69, 9.17) is 0 Å². The zero-order valence-electron chi connectivity index (χ0n) is 14.4. The van der Waals surface area contributed by atoms with Gasteiger partial charge in [0.15, 0.2) is 11.6 Å². The molecule has 1 aromatic carbocycles. The van der Waals surface area contributed by atoms with Gasteiger partial charge in [-0.2, -0.15) is 13.9 Å². The van der Waals surface area contributed by atoms with Gasteiger partial charge in [-0.3, -0.25) is 14.5 Å². The van der Waals surface area contributed by atoms with Gasteiger partial charge in [-0.15, -0.1) is 0 Å². The molecule has 10 heteroatoms. The summed E-state index contributed by atoms with van der Waals surface area (Å²) in [7, 11) is 0. The Kier molecular flexibility index (Phi) is 4.62. The molecule has 1 aliphatic heterocycles. The number of likely N-dealkylation sites (tertiary alicyclic amines) is 1. The van der Waals surface area contributed by atoms with Crippen LogP contribution in [0.4, 0.5) is 17.6 Å². The van der Waals surface area contributed by atoms with Crippen LogP contribution < -0.4 is 4.74 Å². The van der Waals surface area contributed by atoms with Crippen LogP contribution in [0.1, 0.15) is 0 Å². The Bertz CT molecular complexity index is 1030. The number of pyridine rings is 1. The molecule has 0 atom stereocenters. The Morgan fingerprint density at radius 2 is 2.00 bits per heavy atom. The van der Waals surface area contributed by atoms with E-state index >= 15 is 0 Å². The zero-order valence-corrected chi connectivity index (χ0v) is 14.4. The van der Waals surface area contributed by atoms with Gasteiger partial charge in [-0.1, -0.05) is 6.07 Å². The Balaban J connectivity index is 1.63. The van der Waals surface area contributed by atoms with Crippen LogP contribution in [-0.2, 0) is 11.3 Å². The lowest BCUT2D eigenvalue weighted by atomic mass is 10.1. The van der Waals surface area contributed by atoms with E-state index in [9.17, 15) is 22.4 Å². The molecular weight excluding hydrogens is 380 g/mol. The van der Waals surface area contributed by atoms with Gasteiger partial charge >= 0.3 is 6.61 Å². The van der Waals surface area contributed by atoms with Crippen LogP contribution in [0, 0.1) is 5.82 Å². The Morgan fingerprint density at radius 1 is 1.21 bits per heavy atom. The monoisotopic (exact) mass is 394 g/mol. The molecule has 1 saturated heterocycles. The quantitative estimate of drug-likeness (QED) is 0.625. The maximum atomic E-state index is 13.6. The summed E-state index contributed by atoms with van der Waals surface area (Å²) >= 11 is 0. The summed E-state index contributed by atoms with van der Waals surface area (Å²) < 4.78 is 57.0. The third kappa shape index (κ3) is 3.49. The van der Waals surface area contributed by atoms with E-state index in [-0.39, 0.29) is 25.5 Å². The van der Waals surface area contributed by atoms with Gasteiger partial charge in [0.25, 0.3) is 0 Å². The smallest absolute Gasteiger partial charge is 0.387 e. The van der Waals surface area contributed by atoms with Crippen molar-refractivity contribution in [2.75, 3.05) is 13.1 Å². The SMILES string of the molecule is O=C(Cn1ncc2ncc(-c3ccc(F)c(OC(F)F)c3)cc21)N1CC(F)C1. The second-order valence-corrected chi connectivity index (χ2v) is 6.35. The number of carbonyl (C=O) groups excluding carboxylic acids is 1. The Hall–Kier alpha value is -3.17. The lowest BCUT2D eigenvalue weighted by Gasteiger charge is -2.34. The molecule has 1 aliphatic rings. The Morgan fingerprint density at radius 3 is 2.71 bits per heavy atom. The molecule has 0 bridgehead atoms. The summed E-state index contributed by atoms with van der Waals surface area (Å²) in [5.74, 6) is -1.75. The van der Waals surface area contributed by atoms with Crippen LogP contribution in [0.2, 0.25) is 0 Å². The lowest BCUT2D eigenvalue weighted by Crippen LogP contribution is -2.52. The molecular formula is C18H14F4N4O2. The fourth-order valence-electron chi connectivity index (χ4n) is 2.97. The van der Waals surface area contributed by atoms with Crippen molar-refractivity contribution in [3.8, 4) is 16.9 Å². The fourth-order valence-corrected chi connectivity index (χ4v) is 2.97. The molecule has 0 unspecified atom stereocenters. The second kappa shape index (κ2) is 7.10. The van der Waals surface area contributed by atoms with E-state index in [1.54, 1.807) is 6.07 Å². The van der Waals surface area contributed by atoms with Crippen LogP contribution >= 0.6 is 0 Å². The summed E-state index contributed by atoms with van der Waals surface area (Å²) in [4.78, 5) is 17.8. The molecule has 0 N–H and O–H groups in total. The van der Waals surface area contributed by atoms with Crippen molar-refractivity contribution in [2.45, 2.75) is 19.3 Å². The molecule has 2 aromatic heterocycles. The number of amides is 1. The minimum absolute atomic E-state index is 0.0734. The molecule has 28 heavy (non-hydrogen) atoms. The maximum Gasteiger partial charge on any atom is 0.387 e. The number of rotatable bonds is 5. The average molecular weight is 394 g/mol. The molecule has 0 radical (unpaired) electrons. The summed E-state index contributed by atoms with van der Waals surface area (Å²) in [5.41, 5.74) is 1.97. The number of aromatic nitrogens is 3. The van der Waals surface area contributed by atoms with E-state index < -0.39 is 24.3 Å². The first-order chi connectivity index (χ1) is 13.4. The van der Waals surface area contributed by atoms with E-state index in [0.717, 1.165) is 12.1 Å². The normalized spacial score (nSPS) is 14.5. The predicted molar refractivity (Wildman–Crippen MR) is 91.0 cm³/mol. The number of ether oxygens (including phenoxy) is 1. The molecule has 146 valence electrons. The zero-order chi connectivity index (χ0) is 19.8. The van der Waals surface area contributed by atoms with E-state index in [1.165, 1.54) is 28.0 Å². The van der Waals surface area contributed by atoms with Gasteiger partial charge in [0.2, 0.25) is 5.91 Å². The molecule has 0 spiro atoms. The first kappa shape index (κ1) is 18.2. The highest BCUT2D eigenvalue weighted by atomic mass is 19.3. The van der Waals surface area contributed by atoms with Crippen molar-refractivity contribution in [1.82, 2.24) is 19.7 Å². The van der Waals surface area contributed by atoms with Gasteiger partial charge in [0.05, 0.1) is 24.8 Å². The van der Waals surface area contributed by atoms with Crippen molar-refractivity contribution in [3.05, 3.63) is 42.5 Å². The number of hydrogen-bond donors (Lipinski definition) is 0. The van der Waals surface area contributed by atoms with Crippen LogP contribution in [0.25, 0.3) is 22.2 Å². The van der Waals surface area contributed by atoms with Gasteiger partial charge in [-0.25, -0.2) is 8.78 Å². The number of nitrogens with zero attached hydrogens (tertiary/aromatic N) is 4. The number of hydrogen-bond acceptors (Lipinski definition) is 4. The minimum Gasteiger partial charge on any atom is -0.432 e. The van der Waals surface area contributed by atoms with Crippen molar-refractivity contribution in [2.24, 2.45) is 0 Å². The van der Waals surface area contributed by atoms with E-state index in [1.807, 2.05) is 0 Å². The minimum atomic E-state index is -3.15. The number of carbonyl (C=O) groups is 1. The van der Waals surface area contributed by atoms with Crippen LogP contribution in [0.5, 0.6) is 5.75 Å². The number of alkyl halides is 3. The molecule has 1 fully saturated rings. The van der Waals surface area contributed by atoms with Crippen LogP contribution in [0.15, 0.2) is 36.7 Å².